The van der Waals surface area contributed by atoms with Gasteiger partial charge in [0, 0.05) is 36.0 Å². The normalized spacial score (nSPS) is 15.9. The van der Waals surface area contributed by atoms with Gasteiger partial charge in [-0.1, -0.05) is 6.07 Å². The van der Waals surface area contributed by atoms with Gasteiger partial charge in [-0.25, -0.2) is 9.48 Å². The Balaban J connectivity index is 1.86. The molecular formula is C19H18N6O2. The van der Waals surface area contributed by atoms with Crippen LogP contribution in [0.5, 0.6) is 0 Å². The number of rotatable bonds is 4. The maximum absolute atomic E-state index is 12.7. The van der Waals surface area contributed by atoms with Crippen molar-refractivity contribution >= 4 is 11.9 Å². The molecule has 0 amide bonds. The van der Waals surface area contributed by atoms with E-state index in [1.807, 2.05) is 31.2 Å². The number of ether oxygens (including phenoxy) is 1. The first-order valence-corrected chi connectivity index (χ1v) is 8.60. The molecule has 8 heteroatoms. The van der Waals surface area contributed by atoms with Gasteiger partial charge in [-0.3, -0.25) is 9.97 Å². The van der Waals surface area contributed by atoms with E-state index in [-0.39, 0.29) is 5.97 Å². The first kappa shape index (κ1) is 16.9. The van der Waals surface area contributed by atoms with Gasteiger partial charge in [0.1, 0.15) is 6.04 Å². The van der Waals surface area contributed by atoms with Gasteiger partial charge in [0.2, 0.25) is 5.95 Å². The van der Waals surface area contributed by atoms with Crippen molar-refractivity contribution in [1.29, 1.82) is 0 Å². The number of carbonyl (C=O) groups is 1. The topological polar surface area (TPSA) is 94.8 Å². The number of hydrogen-bond donors (Lipinski definition) is 1. The third kappa shape index (κ3) is 3.05. The highest BCUT2D eigenvalue weighted by atomic mass is 16.5. The van der Waals surface area contributed by atoms with Crippen molar-refractivity contribution in [1.82, 2.24) is 24.7 Å². The number of pyridine rings is 2. The molecule has 3 aromatic heterocycles. The largest absolute Gasteiger partial charge is 0.463 e. The smallest absolute Gasteiger partial charge is 0.338 e. The van der Waals surface area contributed by atoms with Gasteiger partial charge in [-0.15, -0.1) is 5.10 Å². The Labute approximate surface area is 155 Å². The van der Waals surface area contributed by atoms with E-state index in [0.717, 1.165) is 11.1 Å². The third-order valence-electron chi connectivity index (χ3n) is 4.27. The van der Waals surface area contributed by atoms with E-state index < -0.39 is 6.04 Å². The Hall–Kier alpha value is -3.55. The molecule has 1 N–H and O–H groups in total. The molecule has 1 aliphatic rings. The quantitative estimate of drug-likeness (QED) is 0.713. The minimum Gasteiger partial charge on any atom is -0.463 e. The summed E-state index contributed by atoms with van der Waals surface area (Å²) in [4.78, 5) is 25.6. The number of nitrogens with one attached hydrogen (secondary N) is 1. The number of carbonyl (C=O) groups excluding carboxylic acids is 1. The Kier molecular flexibility index (Phi) is 4.37. The predicted octanol–water partition coefficient (Wildman–Crippen LogP) is 2.59. The van der Waals surface area contributed by atoms with Crippen molar-refractivity contribution in [2.75, 3.05) is 11.9 Å². The maximum Gasteiger partial charge on any atom is 0.338 e. The molecule has 0 fully saturated rings. The van der Waals surface area contributed by atoms with Crippen molar-refractivity contribution in [2.24, 2.45) is 0 Å². The number of hydrogen-bond acceptors (Lipinski definition) is 7. The number of esters is 1. The summed E-state index contributed by atoms with van der Waals surface area (Å²) in [7, 11) is 0. The van der Waals surface area contributed by atoms with Crippen LogP contribution in [0.3, 0.4) is 0 Å². The van der Waals surface area contributed by atoms with E-state index in [1.54, 1.807) is 36.4 Å². The minimum atomic E-state index is -0.480. The lowest BCUT2D eigenvalue weighted by molar-refractivity contribution is -0.139. The van der Waals surface area contributed by atoms with E-state index in [4.69, 9.17) is 4.74 Å². The SMILES string of the molecule is CCOC(=O)C1=C(C)Nc2nc(-c3cccnc3)nn2C1c1cccnc1. The highest BCUT2D eigenvalue weighted by Gasteiger charge is 2.35. The first-order valence-electron chi connectivity index (χ1n) is 8.60. The summed E-state index contributed by atoms with van der Waals surface area (Å²) >= 11 is 0. The summed E-state index contributed by atoms with van der Waals surface area (Å²) in [6.07, 6.45) is 6.81. The molecule has 8 nitrogen and oxygen atoms in total. The highest BCUT2D eigenvalue weighted by Crippen LogP contribution is 2.36. The van der Waals surface area contributed by atoms with E-state index >= 15 is 0 Å². The first-order chi connectivity index (χ1) is 13.2. The van der Waals surface area contributed by atoms with Crippen LogP contribution in [0.4, 0.5) is 5.95 Å². The van der Waals surface area contributed by atoms with E-state index in [0.29, 0.717) is 29.6 Å². The molecule has 0 bridgehead atoms. The molecule has 0 aromatic carbocycles. The zero-order valence-electron chi connectivity index (χ0n) is 15.0. The fourth-order valence-electron chi connectivity index (χ4n) is 3.09. The molecular weight excluding hydrogens is 344 g/mol. The summed E-state index contributed by atoms with van der Waals surface area (Å²) < 4.78 is 6.97. The lowest BCUT2D eigenvalue weighted by Gasteiger charge is -2.27. The molecule has 0 saturated heterocycles. The van der Waals surface area contributed by atoms with Crippen molar-refractivity contribution in [2.45, 2.75) is 19.9 Å². The van der Waals surface area contributed by atoms with Crippen LogP contribution >= 0.6 is 0 Å². The monoisotopic (exact) mass is 362 g/mol. The molecule has 1 unspecified atom stereocenters. The van der Waals surface area contributed by atoms with Gasteiger partial charge >= 0.3 is 5.97 Å². The predicted molar refractivity (Wildman–Crippen MR) is 98.6 cm³/mol. The number of fused-ring (bicyclic) bond motifs is 1. The van der Waals surface area contributed by atoms with Crippen molar-refractivity contribution < 1.29 is 9.53 Å². The number of allylic oxidation sites excluding steroid dienone is 1. The summed E-state index contributed by atoms with van der Waals surface area (Å²) in [5.74, 6) is 0.686. The van der Waals surface area contributed by atoms with Gasteiger partial charge in [-0.2, -0.15) is 4.98 Å². The molecule has 0 saturated carbocycles. The van der Waals surface area contributed by atoms with Crippen LogP contribution in [0.15, 0.2) is 60.3 Å². The number of anilines is 1. The van der Waals surface area contributed by atoms with Crippen LogP contribution in [-0.4, -0.2) is 37.3 Å². The fraction of sp³-hybridized carbons (Fsp3) is 0.211. The van der Waals surface area contributed by atoms with Crippen LogP contribution in [0.1, 0.15) is 25.5 Å². The number of aromatic nitrogens is 5. The van der Waals surface area contributed by atoms with Gasteiger partial charge in [0.15, 0.2) is 5.82 Å². The van der Waals surface area contributed by atoms with Crippen molar-refractivity contribution in [3.8, 4) is 11.4 Å². The Bertz CT molecular complexity index is 998. The molecule has 27 heavy (non-hydrogen) atoms. The second-order valence-corrected chi connectivity index (χ2v) is 6.02. The average Bonchev–Trinajstić information content (AvgIpc) is 3.12. The van der Waals surface area contributed by atoms with Gasteiger partial charge in [0.25, 0.3) is 0 Å². The standard InChI is InChI=1S/C19H18N6O2/c1-3-27-18(26)15-12(2)22-19-23-17(14-7-5-9-21-11-14)24-25(19)16(15)13-6-4-8-20-10-13/h4-11,16H,3H2,1-2H3,(H,22,23,24). The van der Waals surface area contributed by atoms with Crippen LogP contribution in [0.2, 0.25) is 0 Å². The minimum absolute atomic E-state index is 0.292. The van der Waals surface area contributed by atoms with Crippen LogP contribution < -0.4 is 5.32 Å². The summed E-state index contributed by atoms with van der Waals surface area (Å²) in [6.45, 7) is 3.91. The van der Waals surface area contributed by atoms with Crippen LogP contribution in [-0.2, 0) is 9.53 Å². The summed E-state index contributed by atoms with van der Waals surface area (Å²) in [5, 5.41) is 7.81. The third-order valence-corrected chi connectivity index (χ3v) is 4.27. The Morgan fingerprint density at radius 1 is 1.22 bits per heavy atom. The molecule has 0 radical (unpaired) electrons. The second-order valence-electron chi connectivity index (χ2n) is 6.02. The fourth-order valence-corrected chi connectivity index (χ4v) is 3.09. The van der Waals surface area contributed by atoms with Gasteiger partial charge in [-0.05, 0) is 37.6 Å². The zero-order valence-corrected chi connectivity index (χ0v) is 15.0. The average molecular weight is 362 g/mol. The summed E-state index contributed by atoms with van der Waals surface area (Å²) in [6, 6.07) is 6.97. The molecule has 136 valence electrons. The molecule has 1 aliphatic heterocycles. The van der Waals surface area contributed by atoms with E-state index in [9.17, 15) is 4.79 Å². The Morgan fingerprint density at radius 3 is 2.67 bits per heavy atom. The maximum atomic E-state index is 12.7. The van der Waals surface area contributed by atoms with Crippen LogP contribution in [0, 0.1) is 0 Å². The molecule has 0 spiro atoms. The van der Waals surface area contributed by atoms with Crippen LogP contribution in [0.25, 0.3) is 11.4 Å². The highest BCUT2D eigenvalue weighted by molar-refractivity contribution is 5.92. The van der Waals surface area contributed by atoms with E-state index in [1.165, 1.54) is 0 Å². The Morgan fingerprint density at radius 2 is 2.00 bits per heavy atom. The summed E-state index contributed by atoms with van der Waals surface area (Å²) in [5.41, 5.74) is 2.78. The van der Waals surface area contributed by atoms with Gasteiger partial charge < -0.3 is 10.1 Å². The molecule has 1 atom stereocenters. The lowest BCUT2D eigenvalue weighted by atomic mass is 9.97. The van der Waals surface area contributed by atoms with Gasteiger partial charge in [0.05, 0.1) is 12.2 Å². The van der Waals surface area contributed by atoms with Crippen molar-refractivity contribution in [3.05, 3.63) is 65.9 Å². The number of nitrogens with zero attached hydrogens (tertiary/aromatic N) is 5. The molecule has 4 heterocycles. The molecule has 0 aliphatic carbocycles. The van der Waals surface area contributed by atoms with Crippen molar-refractivity contribution in [3.63, 3.8) is 0 Å². The zero-order chi connectivity index (χ0) is 18.8. The van der Waals surface area contributed by atoms with E-state index in [2.05, 4.69) is 25.4 Å². The molecule has 4 rings (SSSR count). The lowest BCUT2D eigenvalue weighted by Crippen LogP contribution is -2.29. The molecule has 3 aromatic rings. The second kappa shape index (κ2) is 6.99.